The molecule has 1 aliphatic heterocycles. The molecular weight excluding hydrogens is 334 g/mol. The van der Waals surface area contributed by atoms with E-state index in [9.17, 15) is 14.7 Å². The van der Waals surface area contributed by atoms with Gasteiger partial charge in [0.2, 0.25) is 0 Å². The van der Waals surface area contributed by atoms with E-state index in [1.54, 1.807) is 6.92 Å². The third-order valence-corrected chi connectivity index (χ3v) is 4.68. The summed E-state index contributed by atoms with van der Waals surface area (Å²) in [7, 11) is 0. The van der Waals surface area contributed by atoms with Gasteiger partial charge in [-0.25, -0.2) is 4.79 Å². The molecule has 2 aromatic rings. The molecule has 1 aliphatic rings. The van der Waals surface area contributed by atoms with Gasteiger partial charge in [-0.15, -0.1) is 0 Å². The lowest BCUT2D eigenvalue weighted by atomic mass is 9.89. The summed E-state index contributed by atoms with van der Waals surface area (Å²) in [5.41, 5.74) is 1.15. The molecule has 1 aromatic heterocycles. The van der Waals surface area contributed by atoms with Crippen molar-refractivity contribution in [2.24, 2.45) is 5.92 Å². The second-order valence-electron chi connectivity index (χ2n) is 6.42. The van der Waals surface area contributed by atoms with Crippen molar-refractivity contribution in [3.8, 4) is 0 Å². The zero-order valence-corrected chi connectivity index (χ0v) is 14.7. The van der Waals surface area contributed by atoms with Crippen LogP contribution in [0.15, 0.2) is 40.8 Å². The average Bonchev–Trinajstić information content (AvgIpc) is 3.12. The first-order chi connectivity index (χ1) is 12.6. The molecule has 0 radical (unpaired) electrons. The van der Waals surface area contributed by atoms with Crippen LogP contribution < -0.4 is 5.32 Å². The molecule has 6 nitrogen and oxygen atoms in total. The van der Waals surface area contributed by atoms with Crippen molar-refractivity contribution in [3.05, 3.63) is 59.0 Å². The first-order valence-corrected chi connectivity index (χ1v) is 8.91. The first-order valence-electron chi connectivity index (χ1n) is 8.91. The third-order valence-electron chi connectivity index (χ3n) is 4.68. The number of carbonyl (C=O) groups excluding carboxylic acids is 1. The van der Waals surface area contributed by atoms with Crippen LogP contribution in [0, 0.1) is 5.92 Å². The fraction of sp³-hybridized carbons (Fsp3) is 0.400. The van der Waals surface area contributed by atoms with Crippen molar-refractivity contribution in [2.75, 3.05) is 13.2 Å². The van der Waals surface area contributed by atoms with Gasteiger partial charge in [0.05, 0.1) is 6.10 Å². The normalized spacial score (nSPS) is 19.9. The second-order valence-corrected chi connectivity index (χ2v) is 6.42. The fourth-order valence-electron chi connectivity index (χ4n) is 3.36. The molecule has 0 spiro atoms. The summed E-state index contributed by atoms with van der Waals surface area (Å²) < 4.78 is 11.3. The molecule has 0 aliphatic carbocycles. The van der Waals surface area contributed by atoms with Crippen LogP contribution in [-0.4, -0.2) is 30.1 Å². The molecule has 1 fully saturated rings. The summed E-state index contributed by atoms with van der Waals surface area (Å²) in [4.78, 5) is 23.6. The fourth-order valence-corrected chi connectivity index (χ4v) is 3.36. The quantitative estimate of drug-likeness (QED) is 0.827. The van der Waals surface area contributed by atoms with Gasteiger partial charge in [0, 0.05) is 31.6 Å². The van der Waals surface area contributed by atoms with Gasteiger partial charge in [0.1, 0.15) is 11.3 Å². The van der Waals surface area contributed by atoms with Gasteiger partial charge in [-0.2, -0.15) is 0 Å². The van der Waals surface area contributed by atoms with Crippen LogP contribution in [0.2, 0.25) is 0 Å². The van der Waals surface area contributed by atoms with E-state index in [2.05, 4.69) is 5.32 Å². The number of carbonyl (C=O) groups is 2. The van der Waals surface area contributed by atoms with E-state index in [4.69, 9.17) is 9.15 Å². The number of amides is 1. The minimum Gasteiger partial charge on any atom is -0.478 e. The lowest BCUT2D eigenvalue weighted by Gasteiger charge is -2.32. The maximum absolute atomic E-state index is 12.4. The Kier molecular flexibility index (Phi) is 5.73. The van der Waals surface area contributed by atoms with Crippen LogP contribution in [0.1, 0.15) is 58.1 Å². The number of aryl methyl sites for hydroxylation is 1. The number of ether oxygens (including phenoxy) is 1. The summed E-state index contributed by atoms with van der Waals surface area (Å²) in [6.45, 7) is 2.95. The number of rotatable bonds is 6. The number of hydrogen-bond donors (Lipinski definition) is 2. The lowest BCUT2D eigenvalue weighted by Crippen LogP contribution is -2.35. The molecule has 1 aromatic carbocycles. The van der Waals surface area contributed by atoms with Crippen LogP contribution in [0.5, 0.6) is 0 Å². The molecule has 138 valence electrons. The molecule has 2 N–H and O–H groups in total. The van der Waals surface area contributed by atoms with Gasteiger partial charge in [-0.3, -0.25) is 4.79 Å². The van der Waals surface area contributed by atoms with Gasteiger partial charge in [-0.05, 0) is 18.4 Å². The monoisotopic (exact) mass is 357 g/mol. The molecule has 0 bridgehead atoms. The Labute approximate surface area is 152 Å². The summed E-state index contributed by atoms with van der Waals surface area (Å²) >= 11 is 0. The Morgan fingerprint density at radius 1 is 1.27 bits per heavy atom. The van der Waals surface area contributed by atoms with E-state index >= 15 is 0 Å². The maximum atomic E-state index is 12.4. The largest absolute Gasteiger partial charge is 0.478 e. The Bertz CT molecular complexity index is 768. The number of nitrogens with one attached hydrogen (secondary N) is 1. The number of hydrogen-bond acceptors (Lipinski definition) is 4. The Balaban J connectivity index is 1.67. The van der Waals surface area contributed by atoms with Crippen molar-refractivity contribution in [2.45, 2.75) is 32.3 Å². The molecule has 1 amide bonds. The molecular formula is C20H23NO5. The van der Waals surface area contributed by atoms with E-state index in [0.29, 0.717) is 25.3 Å². The van der Waals surface area contributed by atoms with Gasteiger partial charge in [-0.1, -0.05) is 37.3 Å². The van der Waals surface area contributed by atoms with Crippen LogP contribution >= 0.6 is 0 Å². The highest BCUT2D eigenvalue weighted by molar-refractivity contribution is 5.96. The highest BCUT2D eigenvalue weighted by Crippen LogP contribution is 2.33. The maximum Gasteiger partial charge on any atom is 0.339 e. The number of carboxylic acids is 1. The predicted molar refractivity (Wildman–Crippen MR) is 95.2 cm³/mol. The topological polar surface area (TPSA) is 88.8 Å². The number of furan rings is 1. The molecule has 2 unspecified atom stereocenters. The second kappa shape index (κ2) is 8.19. The predicted octanol–water partition coefficient (Wildman–Crippen LogP) is 3.44. The Hall–Kier alpha value is -2.60. The zero-order chi connectivity index (χ0) is 18.5. The molecule has 26 heavy (non-hydrogen) atoms. The minimum absolute atomic E-state index is 0.0345. The number of aromatic carboxylic acids is 1. The lowest BCUT2D eigenvalue weighted by molar-refractivity contribution is -0.0273. The average molecular weight is 357 g/mol. The van der Waals surface area contributed by atoms with Gasteiger partial charge >= 0.3 is 5.97 Å². The van der Waals surface area contributed by atoms with Crippen molar-refractivity contribution >= 4 is 11.9 Å². The summed E-state index contributed by atoms with van der Waals surface area (Å²) in [5, 5.41) is 12.0. The molecule has 2 heterocycles. The summed E-state index contributed by atoms with van der Waals surface area (Å²) in [6.07, 6.45) is 2.27. The van der Waals surface area contributed by atoms with Gasteiger partial charge in [0.25, 0.3) is 5.91 Å². The smallest absolute Gasteiger partial charge is 0.339 e. The van der Waals surface area contributed by atoms with Crippen LogP contribution in [0.25, 0.3) is 0 Å². The van der Waals surface area contributed by atoms with E-state index < -0.39 is 11.9 Å². The zero-order valence-electron chi connectivity index (χ0n) is 14.7. The van der Waals surface area contributed by atoms with Crippen molar-refractivity contribution < 1.29 is 23.8 Å². The van der Waals surface area contributed by atoms with Gasteiger partial charge < -0.3 is 19.6 Å². The molecule has 3 rings (SSSR count). The highest BCUT2D eigenvalue weighted by atomic mass is 16.5. The van der Waals surface area contributed by atoms with Crippen LogP contribution in [0.4, 0.5) is 0 Å². The number of benzene rings is 1. The third kappa shape index (κ3) is 3.96. The first kappa shape index (κ1) is 18.2. The summed E-state index contributed by atoms with van der Waals surface area (Å²) in [5.74, 6) is -0.980. The van der Waals surface area contributed by atoms with E-state index in [0.717, 1.165) is 18.4 Å². The SMILES string of the molecule is CCc1oc(C(=O)NCC2CCCOC2c2ccccc2)cc1C(=O)O. The standard InChI is InChI=1S/C20H23NO5/c1-2-16-15(20(23)24)11-17(26-16)19(22)21-12-14-9-6-10-25-18(14)13-7-4-3-5-8-13/h3-5,7-8,11,14,18H,2,6,9-10,12H2,1H3,(H,21,22)(H,23,24). The van der Waals surface area contributed by atoms with E-state index in [1.807, 2.05) is 30.3 Å². The minimum atomic E-state index is -1.09. The van der Waals surface area contributed by atoms with E-state index in [1.165, 1.54) is 6.07 Å². The van der Waals surface area contributed by atoms with Crippen LogP contribution in [0.3, 0.4) is 0 Å². The van der Waals surface area contributed by atoms with Crippen molar-refractivity contribution in [3.63, 3.8) is 0 Å². The number of carboxylic acid groups (broad SMARTS) is 1. The molecule has 2 atom stereocenters. The van der Waals surface area contributed by atoms with E-state index in [-0.39, 0.29) is 23.3 Å². The molecule has 0 saturated carbocycles. The van der Waals surface area contributed by atoms with Crippen LogP contribution in [-0.2, 0) is 11.2 Å². The highest BCUT2D eigenvalue weighted by Gasteiger charge is 2.28. The molecule has 6 heteroatoms. The summed E-state index contributed by atoms with van der Waals surface area (Å²) in [6, 6.07) is 11.3. The molecule has 1 saturated heterocycles. The van der Waals surface area contributed by atoms with Gasteiger partial charge in [0.15, 0.2) is 5.76 Å². The Morgan fingerprint density at radius 3 is 2.69 bits per heavy atom. The van der Waals surface area contributed by atoms with Crippen molar-refractivity contribution in [1.82, 2.24) is 5.32 Å². The Morgan fingerprint density at radius 2 is 2.04 bits per heavy atom. The van der Waals surface area contributed by atoms with Crippen molar-refractivity contribution in [1.29, 1.82) is 0 Å².